The number of fused-ring (bicyclic) bond motifs is 2. The predicted molar refractivity (Wildman–Crippen MR) is 139 cm³/mol. The maximum Gasteiger partial charge on any atom is 0.251 e. The molecule has 3 aromatic carbocycles. The van der Waals surface area contributed by atoms with Crippen molar-refractivity contribution in [3.05, 3.63) is 95.7 Å². The zero-order chi connectivity index (χ0) is 23.7. The average Bonchev–Trinajstić information content (AvgIpc) is 3.22. The Morgan fingerprint density at radius 1 is 0.941 bits per heavy atom. The van der Waals surface area contributed by atoms with E-state index in [4.69, 9.17) is 10.7 Å². The SMILES string of the molecule is Cc1cccc(C)c1Nc1c(-c2ccc3ccccc3c2)nc2cc(C(=O)NCCN)ccn12. The molecule has 4 N–H and O–H groups in total. The molecular formula is C28H27N5O. The van der Waals surface area contributed by atoms with Gasteiger partial charge in [-0.3, -0.25) is 9.20 Å². The average molecular weight is 450 g/mol. The van der Waals surface area contributed by atoms with Crippen LogP contribution in [0.4, 0.5) is 11.5 Å². The molecule has 0 bridgehead atoms. The molecule has 0 aliphatic rings. The Kier molecular flexibility index (Phi) is 5.74. The highest BCUT2D eigenvalue weighted by Gasteiger charge is 2.18. The predicted octanol–water partition coefficient (Wildman–Crippen LogP) is 5.20. The number of hydrogen-bond acceptors (Lipinski definition) is 4. The van der Waals surface area contributed by atoms with E-state index in [9.17, 15) is 4.79 Å². The molecule has 5 aromatic rings. The molecule has 2 aromatic heterocycles. The first-order valence-electron chi connectivity index (χ1n) is 11.4. The number of carbonyl (C=O) groups is 1. The Hall–Kier alpha value is -4.16. The third-order valence-corrected chi connectivity index (χ3v) is 6.07. The van der Waals surface area contributed by atoms with Crippen LogP contribution in [0.2, 0.25) is 0 Å². The van der Waals surface area contributed by atoms with Crippen molar-refractivity contribution in [1.82, 2.24) is 14.7 Å². The van der Waals surface area contributed by atoms with E-state index in [1.807, 2.05) is 28.8 Å². The van der Waals surface area contributed by atoms with Crippen LogP contribution in [0.15, 0.2) is 79.0 Å². The third-order valence-electron chi connectivity index (χ3n) is 6.07. The third kappa shape index (κ3) is 4.00. The van der Waals surface area contributed by atoms with E-state index in [1.54, 1.807) is 6.07 Å². The highest BCUT2D eigenvalue weighted by molar-refractivity contribution is 5.96. The van der Waals surface area contributed by atoms with Crippen LogP contribution in [0.5, 0.6) is 0 Å². The number of pyridine rings is 1. The van der Waals surface area contributed by atoms with Crippen molar-refractivity contribution in [2.24, 2.45) is 5.73 Å². The number of carbonyl (C=O) groups excluding carboxylic acids is 1. The number of hydrogen-bond donors (Lipinski definition) is 3. The number of para-hydroxylation sites is 1. The molecule has 34 heavy (non-hydrogen) atoms. The highest BCUT2D eigenvalue weighted by Crippen LogP contribution is 2.34. The van der Waals surface area contributed by atoms with Gasteiger partial charge in [0.15, 0.2) is 0 Å². The lowest BCUT2D eigenvalue weighted by atomic mass is 10.0. The lowest BCUT2D eigenvalue weighted by Gasteiger charge is -2.14. The quantitative estimate of drug-likeness (QED) is 0.333. The van der Waals surface area contributed by atoms with Crippen LogP contribution < -0.4 is 16.4 Å². The number of imidazole rings is 1. The molecule has 0 unspecified atom stereocenters. The van der Waals surface area contributed by atoms with E-state index < -0.39 is 0 Å². The summed E-state index contributed by atoms with van der Waals surface area (Å²) in [4.78, 5) is 17.5. The van der Waals surface area contributed by atoms with Gasteiger partial charge in [0.2, 0.25) is 0 Å². The number of nitrogens with one attached hydrogen (secondary N) is 2. The molecule has 0 fully saturated rings. The zero-order valence-electron chi connectivity index (χ0n) is 19.3. The van der Waals surface area contributed by atoms with Crippen LogP contribution in [0.3, 0.4) is 0 Å². The Balaban J connectivity index is 1.68. The van der Waals surface area contributed by atoms with Gasteiger partial charge in [-0.25, -0.2) is 4.98 Å². The van der Waals surface area contributed by atoms with Gasteiger partial charge in [0.25, 0.3) is 5.91 Å². The van der Waals surface area contributed by atoms with Crippen LogP contribution in [0.1, 0.15) is 21.5 Å². The maximum atomic E-state index is 12.5. The number of nitrogens with two attached hydrogens (primary N) is 1. The minimum Gasteiger partial charge on any atom is -0.351 e. The van der Waals surface area contributed by atoms with E-state index in [2.05, 4.69) is 73.0 Å². The summed E-state index contributed by atoms with van der Waals surface area (Å²) in [6.45, 7) is 5.01. The Labute approximate surface area is 198 Å². The monoisotopic (exact) mass is 449 g/mol. The number of nitrogens with zero attached hydrogens (tertiary/aromatic N) is 2. The van der Waals surface area contributed by atoms with Gasteiger partial charge < -0.3 is 16.4 Å². The minimum atomic E-state index is -0.160. The first kappa shape index (κ1) is 21.7. The van der Waals surface area contributed by atoms with Crippen molar-refractivity contribution in [2.75, 3.05) is 18.4 Å². The zero-order valence-corrected chi connectivity index (χ0v) is 19.3. The van der Waals surface area contributed by atoms with E-state index in [-0.39, 0.29) is 5.91 Å². The molecule has 1 amide bonds. The molecule has 0 saturated heterocycles. The summed E-state index contributed by atoms with van der Waals surface area (Å²) >= 11 is 0. The van der Waals surface area contributed by atoms with Crippen molar-refractivity contribution in [1.29, 1.82) is 0 Å². The molecule has 0 aliphatic heterocycles. The van der Waals surface area contributed by atoms with Crippen molar-refractivity contribution >= 4 is 33.8 Å². The second-order valence-electron chi connectivity index (χ2n) is 8.45. The second-order valence-corrected chi connectivity index (χ2v) is 8.45. The van der Waals surface area contributed by atoms with Crippen LogP contribution in [0, 0.1) is 13.8 Å². The van der Waals surface area contributed by atoms with Gasteiger partial charge >= 0.3 is 0 Å². The fraction of sp³-hybridized carbons (Fsp3) is 0.143. The molecule has 0 radical (unpaired) electrons. The van der Waals surface area contributed by atoms with Crippen LogP contribution in [-0.4, -0.2) is 28.4 Å². The summed E-state index contributed by atoms with van der Waals surface area (Å²) in [5, 5.41) is 8.80. The highest BCUT2D eigenvalue weighted by atomic mass is 16.1. The number of rotatable bonds is 6. The van der Waals surface area contributed by atoms with Crippen LogP contribution in [-0.2, 0) is 0 Å². The lowest BCUT2D eigenvalue weighted by molar-refractivity contribution is 0.0954. The molecule has 0 atom stereocenters. The summed E-state index contributed by atoms with van der Waals surface area (Å²) in [5.41, 5.74) is 12.0. The lowest BCUT2D eigenvalue weighted by Crippen LogP contribution is -2.29. The second kappa shape index (κ2) is 9.00. The van der Waals surface area contributed by atoms with Gasteiger partial charge in [0.1, 0.15) is 17.2 Å². The summed E-state index contributed by atoms with van der Waals surface area (Å²) in [6, 6.07) is 24.5. The number of benzene rings is 3. The molecule has 0 aliphatic carbocycles. The fourth-order valence-corrected chi connectivity index (χ4v) is 4.26. The first-order valence-corrected chi connectivity index (χ1v) is 11.4. The Morgan fingerprint density at radius 3 is 2.47 bits per heavy atom. The van der Waals surface area contributed by atoms with Crippen LogP contribution >= 0.6 is 0 Å². The van der Waals surface area contributed by atoms with Crippen LogP contribution in [0.25, 0.3) is 27.7 Å². The summed E-state index contributed by atoms with van der Waals surface area (Å²) in [7, 11) is 0. The topological polar surface area (TPSA) is 84.5 Å². The number of amides is 1. The standard InChI is InChI=1S/C28H27N5O/c1-18-6-5-7-19(2)25(18)32-27-26(22-11-10-20-8-3-4-9-21(20)16-22)31-24-17-23(12-15-33(24)27)28(34)30-14-13-29/h3-12,15-17,32H,13-14,29H2,1-2H3,(H,30,34). The maximum absolute atomic E-state index is 12.5. The Bertz CT molecular complexity index is 1500. The van der Waals surface area contributed by atoms with Crippen molar-refractivity contribution < 1.29 is 4.79 Å². The first-order chi connectivity index (χ1) is 16.5. The van der Waals surface area contributed by atoms with Gasteiger partial charge in [0, 0.05) is 36.1 Å². The van der Waals surface area contributed by atoms with E-state index in [1.165, 1.54) is 5.39 Å². The van der Waals surface area contributed by atoms with Gasteiger partial charge in [-0.05, 0) is 53.9 Å². The van der Waals surface area contributed by atoms with E-state index in [0.717, 1.165) is 39.3 Å². The fourth-order valence-electron chi connectivity index (χ4n) is 4.26. The molecule has 0 spiro atoms. The molecular weight excluding hydrogens is 422 g/mol. The molecule has 5 rings (SSSR count). The summed E-state index contributed by atoms with van der Waals surface area (Å²) in [5.74, 6) is 0.698. The summed E-state index contributed by atoms with van der Waals surface area (Å²) in [6.07, 6.45) is 1.89. The van der Waals surface area contributed by atoms with E-state index in [0.29, 0.717) is 24.3 Å². The van der Waals surface area contributed by atoms with Gasteiger partial charge in [-0.1, -0.05) is 54.6 Å². The molecule has 0 saturated carbocycles. The van der Waals surface area contributed by atoms with Crippen molar-refractivity contribution in [3.63, 3.8) is 0 Å². The number of aromatic nitrogens is 2. The Morgan fingerprint density at radius 2 is 1.71 bits per heavy atom. The number of anilines is 2. The van der Waals surface area contributed by atoms with Gasteiger partial charge in [-0.15, -0.1) is 0 Å². The molecule has 2 heterocycles. The van der Waals surface area contributed by atoms with Gasteiger partial charge in [-0.2, -0.15) is 0 Å². The largest absolute Gasteiger partial charge is 0.351 e. The molecule has 170 valence electrons. The number of aryl methyl sites for hydroxylation is 2. The van der Waals surface area contributed by atoms with Crippen molar-refractivity contribution in [2.45, 2.75) is 13.8 Å². The van der Waals surface area contributed by atoms with Gasteiger partial charge in [0.05, 0.1) is 0 Å². The smallest absolute Gasteiger partial charge is 0.251 e. The minimum absolute atomic E-state index is 0.160. The molecule has 6 nitrogen and oxygen atoms in total. The van der Waals surface area contributed by atoms with E-state index >= 15 is 0 Å². The molecule has 6 heteroatoms. The normalized spacial score (nSPS) is 11.1. The summed E-state index contributed by atoms with van der Waals surface area (Å²) < 4.78 is 2.00. The van der Waals surface area contributed by atoms with Crippen molar-refractivity contribution in [3.8, 4) is 11.3 Å².